The number of rotatable bonds is 2. The van der Waals surface area contributed by atoms with E-state index >= 15 is 0 Å². The number of anilines is 1. The van der Waals surface area contributed by atoms with Crippen molar-refractivity contribution in [1.29, 1.82) is 0 Å². The molecule has 0 spiro atoms. The molecule has 0 fully saturated rings. The zero-order valence-electron chi connectivity index (χ0n) is 16.9. The minimum Gasteiger partial charge on any atom is -0.858 e. The number of nitrogens with zero attached hydrogens (tertiary/aromatic N) is 2. The molecular formula is C24H23N3O3. The lowest BCUT2D eigenvalue weighted by Crippen LogP contribution is -3.09. The van der Waals surface area contributed by atoms with Gasteiger partial charge in [-0.1, -0.05) is 18.2 Å². The van der Waals surface area contributed by atoms with Gasteiger partial charge in [0.05, 0.1) is 24.4 Å². The molecule has 0 radical (unpaired) electrons. The van der Waals surface area contributed by atoms with Crippen molar-refractivity contribution in [2.24, 2.45) is 4.99 Å². The first-order valence-corrected chi connectivity index (χ1v) is 10.5. The van der Waals surface area contributed by atoms with E-state index < -0.39 is 17.8 Å². The first-order valence-electron chi connectivity index (χ1n) is 10.5. The monoisotopic (exact) mass is 401 g/mol. The maximum Gasteiger partial charge on any atom is 0.354 e. The van der Waals surface area contributed by atoms with E-state index in [1.54, 1.807) is 23.1 Å². The smallest absolute Gasteiger partial charge is 0.354 e. The van der Waals surface area contributed by atoms with Crippen LogP contribution in [0, 0.1) is 6.92 Å². The van der Waals surface area contributed by atoms with Crippen LogP contribution < -0.4 is 14.9 Å². The number of nitrogens with one attached hydrogen (secondary N) is 1. The Bertz CT molecular complexity index is 1100. The number of amides is 3. The van der Waals surface area contributed by atoms with Gasteiger partial charge in [-0.25, -0.2) is 14.7 Å². The van der Waals surface area contributed by atoms with Crippen LogP contribution in [0.5, 0.6) is 0 Å². The number of carbonyl (C=O) groups excluding carboxylic acids is 2. The van der Waals surface area contributed by atoms with Crippen LogP contribution in [-0.2, 0) is 17.6 Å². The predicted octanol–water partition coefficient (Wildman–Crippen LogP) is 1.71. The molecule has 6 nitrogen and oxygen atoms in total. The van der Waals surface area contributed by atoms with Crippen LogP contribution in [0.15, 0.2) is 47.0 Å². The summed E-state index contributed by atoms with van der Waals surface area (Å²) in [5.41, 5.74) is 6.01. The molecule has 152 valence electrons. The normalized spacial score (nSPS) is 20.4. The van der Waals surface area contributed by atoms with Crippen LogP contribution in [0.2, 0.25) is 0 Å². The number of aliphatic imine (C=N–C) groups is 1. The van der Waals surface area contributed by atoms with Crippen LogP contribution >= 0.6 is 0 Å². The minimum absolute atomic E-state index is 0.0687. The first kappa shape index (κ1) is 18.8. The van der Waals surface area contributed by atoms with Crippen molar-refractivity contribution < 1.29 is 19.6 Å². The Morgan fingerprint density at radius 2 is 1.73 bits per heavy atom. The number of hydrogen-bond acceptors (Lipinski definition) is 3. The summed E-state index contributed by atoms with van der Waals surface area (Å²) in [5.74, 6) is -1.39. The highest BCUT2D eigenvalue weighted by Gasteiger charge is 2.32. The average molecular weight is 401 g/mol. The van der Waals surface area contributed by atoms with Crippen molar-refractivity contribution in [3.63, 3.8) is 0 Å². The number of quaternary nitrogens is 1. The van der Waals surface area contributed by atoms with Gasteiger partial charge in [0.25, 0.3) is 5.91 Å². The maximum atomic E-state index is 13.2. The molecule has 0 aromatic heterocycles. The largest absolute Gasteiger partial charge is 0.858 e. The summed E-state index contributed by atoms with van der Waals surface area (Å²) in [4.78, 5) is 31.7. The van der Waals surface area contributed by atoms with Crippen molar-refractivity contribution in [3.8, 4) is 0 Å². The number of benzene rings is 2. The fraction of sp³-hybridized carbons (Fsp3) is 0.292. The second-order valence-electron chi connectivity index (χ2n) is 8.21. The van der Waals surface area contributed by atoms with Gasteiger partial charge < -0.3 is 10.0 Å². The summed E-state index contributed by atoms with van der Waals surface area (Å²) < 4.78 is 0. The molecule has 0 saturated carbocycles. The van der Waals surface area contributed by atoms with E-state index in [0.717, 1.165) is 41.7 Å². The molecule has 1 N–H and O–H groups in total. The number of aryl methyl sites for hydroxylation is 3. The van der Waals surface area contributed by atoms with Crippen molar-refractivity contribution in [2.75, 3.05) is 18.0 Å². The molecule has 30 heavy (non-hydrogen) atoms. The Hall–Kier alpha value is -3.25. The number of hydrogen-bond donors (Lipinski definition) is 1. The van der Waals surface area contributed by atoms with Crippen molar-refractivity contribution >= 4 is 35.3 Å². The highest BCUT2D eigenvalue weighted by Crippen LogP contribution is 2.30. The molecule has 3 aliphatic rings. The van der Waals surface area contributed by atoms with Gasteiger partial charge in [0, 0.05) is 29.9 Å². The van der Waals surface area contributed by atoms with Crippen molar-refractivity contribution in [3.05, 3.63) is 64.2 Å². The summed E-state index contributed by atoms with van der Waals surface area (Å²) in [6.45, 7) is 4.16. The number of imide groups is 1. The summed E-state index contributed by atoms with van der Waals surface area (Å²) in [5, 5.41) is 12.5. The number of urea groups is 1. The Kier molecular flexibility index (Phi) is 4.51. The van der Waals surface area contributed by atoms with Crippen molar-refractivity contribution in [1.82, 2.24) is 0 Å². The van der Waals surface area contributed by atoms with E-state index in [2.05, 4.69) is 17.1 Å². The lowest BCUT2D eigenvalue weighted by Gasteiger charge is -2.32. The average Bonchev–Trinajstić information content (AvgIpc) is 2.73. The molecule has 3 amide bonds. The highest BCUT2D eigenvalue weighted by atomic mass is 16.3. The van der Waals surface area contributed by atoms with Gasteiger partial charge >= 0.3 is 6.03 Å². The van der Waals surface area contributed by atoms with E-state index in [0.29, 0.717) is 5.69 Å². The van der Waals surface area contributed by atoms with Crippen LogP contribution in [0.3, 0.4) is 0 Å². The summed E-state index contributed by atoms with van der Waals surface area (Å²) in [6, 6.07) is 10.4. The molecule has 0 aliphatic carbocycles. The topological polar surface area (TPSA) is 77.2 Å². The van der Waals surface area contributed by atoms with E-state index in [1.165, 1.54) is 29.9 Å². The summed E-state index contributed by atoms with van der Waals surface area (Å²) >= 11 is 0. The zero-order chi connectivity index (χ0) is 20.8. The number of para-hydroxylation sites is 1. The maximum absolute atomic E-state index is 13.2. The van der Waals surface area contributed by atoms with Gasteiger partial charge in [0.1, 0.15) is 5.69 Å². The molecule has 2 aromatic rings. The zero-order valence-corrected chi connectivity index (χ0v) is 16.9. The SMILES string of the molecule is Cc1ccccc1N1C(=O)N=C([O-])/C(=C/c2cc3c4c(c2)CCC[NH+]4CCC3)C1=O. The van der Waals surface area contributed by atoms with Gasteiger partial charge in [0.2, 0.25) is 0 Å². The highest BCUT2D eigenvalue weighted by molar-refractivity contribution is 6.36. The van der Waals surface area contributed by atoms with Crippen LogP contribution in [-0.4, -0.2) is 30.9 Å². The summed E-state index contributed by atoms with van der Waals surface area (Å²) in [7, 11) is 0. The fourth-order valence-electron chi connectivity index (χ4n) is 4.90. The lowest BCUT2D eigenvalue weighted by molar-refractivity contribution is -0.838. The molecule has 0 atom stereocenters. The van der Waals surface area contributed by atoms with Gasteiger partial charge in [-0.2, -0.15) is 0 Å². The van der Waals surface area contributed by atoms with Crippen LogP contribution in [0.25, 0.3) is 6.08 Å². The Balaban J connectivity index is 1.58. The third-order valence-corrected chi connectivity index (χ3v) is 6.25. The van der Waals surface area contributed by atoms with Crippen LogP contribution in [0.4, 0.5) is 16.2 Å². The Morgan fingerprint density at radius 1 is 1.07 bits per heavy atom. The lowest BCUT2D eigenvalue weighted by atomic mass is 9.89. The van der Waals surface area contributed by atoms with Crippen molar-refractivity contribution in [2.45, 2.75) is 32.6 Å². The third kappa shape index (κ3) is 3.04. The molecule has 0 saturated heterocycles. The third-order valence-electron chi connectivity index (χ3n) is 6.25. The van der Waals surface area contributed by atoms with Gasteiger partial charge in [0.15, 0.2) is 0 Å². The van der Waals surface area contributed by atoms with Gasteiger partial charge in [-0.05, 0) is 55.2 Å². The van der Waals surface area contributed by atoms with E-state index in [4.69, 9.17) is 0 Å². The van der Waals surface area contributed by atoms with E-state index in [-0.39, 0.29) is 5.57 Å². The van der Waals surface area contributed by atoms with E-state index in [1.807, 2.05) is 19.1 Å². The first-order chi connectivity index (χ1) is 14.5. The molecule has 0 bridgehead atoms. The fourth-order valence-corrected chi connectivity index (χ4v) is 4.90. The standard InChI is InChI=1S/C24H23N3O3/c1-15-6-2-3-9-20(15)27-23(29)19(22(28)25-24(27)30)14-16-12-17-7-4-10-26-11-5-8-18(13-16)21(17)26/h2-3,6,9,12-14H,4-5,7-8,10-11H2,1H3,(H,25,28,30)/b19-14-. The molecule has 2 aromatic carbocycles. The number of carbonyl (C=O) groups is 2. The van der Waals surface area contributed by atoms with E-state index in [9.17, 15) is 14.7 Å². The summed E-state index contributed by atoms with van der Waals surface area (Å²) in [6.07, 6.45) is 5.92. The Morgan fingerprint density at radius 3 is 2.40 bits per heavy atom. The molecular weight excluding hydrogens is 378 g/mol. The quantitative estimate of drug-likeness (QED) is 0.779. The second kappa shape index (κ2) is 7.22. The molecule has 0 unspecified atom stereocenters. The minimum atomic E-state index is -0.837. The second-order valence-corrected chi connectivity index (χ2v) is 8.21. The van der Waals surface area contributed by atoms with Gasteiger partial charge in [-0.3, -0.25) is 4.79 Å². The molecule has 3 aliphatic heterocycles. The predicted molar refractivity (Wildman–Crippen MR) is 113 cm³/mol. The molecule has 6 heteroatoms. The molecule has 5 rings (SSSR count). The molecule has 3 heterocycles. The van der Waals surface area contributed by atoms with Gasteiger partial charge in [-0.15, -0.1) is 0 Å². The van der Waals surface area contributed by atoms with Crippen LogP contribution in [0.1, 0.15) is 35.1 Å². The Labute approximate surface area is 175 Å².